The van der Waals surface area contributed by atoms with E-state index in [0.717, 1.165) is 12.8 Å². The zero-order valence-corrected chi connectivity index (χ0v) is 22.8. The molecule has 0 bridgehead atoms. The van der Waals surface area contributed by atoms with E-state index in [2.05, 4.69) is 45.4 Å². The molecule has 2 atom stereocenters. The molecule has 1 fully saturated rings. The normalized spacial score (nSPS) is 18.9. The number of amides is 1. The third-order valence-electron chi connectivity index (χ3n) is 5.41. The lowest BCUT2D eigenvalue weighted by atomic mass is 10.2. The molecule has 0 aliphatic carbocycles. The summed E-state index contributed by atoms with van der Waals surface area (Å²) in [4.78, 5) is 24.9. The molecule has 1 heterocycles. The Morgan fingerprint density at radius 1 is 1.25 bits per heavy atom. The van der Waals surface area contributed by atoms with E-state index in [9.17, 15) is 9.59 Å². The Morgan fingerprint density at radius 2 is 1.94 bits per heavy atom. The number of carbonyl (C=O) groups is 2. The van der Waals surface area contributed by atoms with Crippen molar-refractivity contribution < 1.29 is 27.4 Å². The van der Waals surface area contributed by atoms with Gasteiger partial charge in [0.05, 0.1) is 19.7 Å². The van der Waals surface area contributed by atoms with Gasteiger partial charge in [-0.25, -0.2) is 9.59 Å². The maximum Gasteiger partial charge on any atom is 0.410 e. The lowest BCUT2D eigenvalue weighted by Crippen LogP contribution is -2.30. The Bertz CT molecular complexity index is 626. The lowest BCUT2D eigenvalue weighted by Gasteiger charge is -2.46. The van der Waals surface area contributed by atoms with E-state index in [1.165, 1.54) is 23.5 Å². The van der Waals surface area contributed by atoms with Crippen LogP contribution in [0.1, 0.15) is 46.5 Å². The first-order valence-corrected chi connectivity index (χ1v) is 16.4. The minimum Gasteiger partial charge on any atom is -0.460 e. The fraction of sp³-hybridized carbons (Fsp3) is 0.826. The molecule has 1 aliphatic heterocycles. The predicted octanol–water partition coefficient (Wildman–Crippen LogP) is 4.89. The van der Waals surface area contributed by atoms with Crippen molar-refractivity contribution in [2.24, 2.45) is 0 Å². The molecule has 1 amide bonds. The molecule has 1 saturated heterocycles. The van der Waals surface area contributed by atoms with Crippen LogP contribution in [0.3, 0.4) is 0 Å². The maximum absolute atomic E-state index is 11.9. The molecule has 0 N–H and O–H groups in total. The topological polar surface area (TPSA) is 74.3 Å². The van der Waals surface area contributed by atoms with Gasteiger partial charge < -0.3 is 19.1 Å². The van der Waals surface area contributed by atoms with Crippen LogP contribution in [0.4, 0.5) is 4.79 Å². The SMILES string of the molecule is C=C(C)C(=O)OCCN1CC(COCCCC(C)S(C)(C)OS(C)(C)CCCC)OC1=O. The van der Waals surface area contributed by atoms with E-state index >= 15 is 0 Å². The number of carbonyl (C=O) groups excluding carboxylic acids is 2. The van der Waals surface area contributed by atoms with Crippen molar-refractivity contribution in [3.05, 3.63) is 12.2 Å². The molecular weight excluding hydrogens is 450 g/mol. The van der Waals surface area contributed by atoms with Crippen molar-refractivity contribution >= 4 is 32.7 Å². The number of rotatable bonds is 16. The smallest absolute Gasteiger partial charge is 0.410 e. The van der Waals surface area contributed by atoms with E-state index in [1.54, 1.807) is 6.92 Å². The van der Waals surface area contributed by atoms with Gasteiger partial charge in [-0.15, -0.1) is 20.6 Å². The number of ether oxygens (including phenoxy) is 3. The van der Waals surface area contributed by atoms with E-state index in [4.69, 9.17) is 17.8 Å². The summed E-state index contributed by atoms with van der Waals surface area (Å²) in [6.07, 6.45) is 12.9. The highest BCUT2D eigenvalue weighted by Gasteiger charge is 2.31. The van der Waals surface area contributed by atoms with Crippen LogP contribution in [0.25, 0.3) is 0 Å². The number of unbranched alkanes of at least 4 members (excludes halogenated alkanes) is 1. The van der Waals surface area contributed by atoms with Crippen LogP contribution in [-0.2, 0) is 22.6 Å². The Labute approximate surface area is 198 Å². The van der Waals surface area contributed by atoms with Gasteiger partial charge in [0.2, 0.25) is 0 Å². The molecule has 0 aromatic heterocycles. The maximum atomic E-state index is 11.9. The van der Waals surface area contributed by atoms with Crippen LogP contribution in [-0.4, -0.2) is 92.0 Å². The zero-order chi connectivity index (χ0) is 24.4. The Balaban J connectivity index is 2.25. The minimum atomic E-state index is -1.12. The average Bonchev–Trinajstić information content (AvgIpc) is 3.04. The van der Waals surface area contributed by atoms with Gasteiger partial charge in [-0.1, -0.05) is 26.8 Å². The second-order valence-electron chi connectivity index (χ2n) is 9.27. The summed E-state index contributed by atoms with van der Waals surface area (Å²) in [5.41, 5.74) is 0.340. The lowest BCUT2D eigenvalue weighted by molar-refractivity contribution is -0.139. The van der Waals surface area contributed by atoms with Gasteiger partial charge in [-0.2, -0.15) is 0 Å². The van der Waals surface area contributed by atoms with Gasteiger partial charge in [-0.05, 0) is 57.0 Å². The molecule has 0 radical (unpaired) electrons. The summed E-state index contributed by atoms with van der Waals surface area (Å²) in [5, 5.41) is 0.501. The van der Waals surface area contributed by atoms with E-state index in [1.807, 2.05) is 0 Å². The van der Waals surface area contributed by atoms with Crippen LogP contribution < -0.4 is 0 Å². The summed E-state index contributed by atoms with van der Waals surface area (Å²) in [7, 11) is -2.12. The number of nitrogens with zero attached hydrogens (tertiary/aromatic N) is 1. The molecule has 1 aliphatic rings. The van der Waals surface area contributed by atoms with Gasteiger partial charge >= 0.3 is 12.1 Å². The number of hydrogen-bond donors (Lipinski definition) is 0. The first-order chi connectivity index (χ1) is 14.9. The molecular formula is C23H45NO6S2. The van der Waals surface area contributed by atoms with Crippen molar-refractivity contribution in [1.29, 1.82) is 0 Å². The molecule has 1 rings (SSSR count). The summed E-state index contributed by atoms with van der Waals surface area (Å²) in [6, 6.07) is 0. The molecule has 32 heavy (non-hydrogen) atoms. The quantitative estimate of drug-likeness (QED) is 0.172. The zero-order valence-electron chi connectivity index (χ0n) is 21.1. The molecule has 0 aromatic rings. The van der Waals surface area contributed by atoms with Crippen LogP contribution >= 0.6 is 20.6 Å². The first-order valence-electron chi connectivity index (χ1n) is 11.4. The van der Waals surface area contributed by atoms with Crippen LogP contribution in [0, 0.1) is 0 Å². The van der Waals surface area contributed by atoms with Crippen molar-refractivity contribution in [3.63, 3.8) is 0 Å². The van der Waals surface area contributed by atoms with E-state index in [0.29, 0.717) is 37.1 Å². The fourth-order valence-corrected chi connectivity index (χ4v) is 9.58. The largest absolute Gasteiger partial charge is 0.460 e. The molecule has 0 aromatic carbocycles. The number of hydrogen-bond acceptors (Lipinski definition) is 6. The van der Waals surface area contributed by atoms with Gasteiger partial charge in [0.15, 0.2) is 0 Å². The summed E-state index contributed by atoms with van der Waals surface area (Å²) >= 11 is 0. The summed E-state index contributed by atoms with van der Waals surface area (Å²) < 4.78 is 22.8. The summed E-state index contributed by atoms with van der Waals surface area (Å²) in [6.45, 7) is 11.5. The van der Waals surface area contributed by atoms with Crippen LogP contribution in [0.2, 0.25) is 0 Å². The van der Waals surface area contributed by atoms with Gasteiger partial charge in [-0.3, -0.25) is 3.63 Å². The third-order valence-corrected chi connectivity index (χ3v) is 11.7. The number of esters is 1. The highest BCUT2D eigenvalue weighted by molar-refractivity contribution is 8.41. The van der Waals surface area contributed by atoms with E-state index < -0.39 is 32.7 Å². The van der Waals surface area contributed by atoms with Crippen LogP contribution in [0.15, 0.2) is 12.2 Å². The molecule has 7 nitrogen and oxygen atoms in total. The van der Waals surface area contributed by atoms with Gasteiger partial charge in [0, 0.05) is 17.4 Å². The first kappa shape index (κ1) is 29.1. The van der Waals surface area contributed by atoms with E-state index in [-0.39, 0.29) is 12.7 Å². The Hall–Kier alpha value is -0.900. The van der Waals surface area contributed by atoms with Crippen molar-refractivity contribution in [2.45, 2.75) is 57.8 Å². The van der Waals surface area contributed by atoms with Crippen molar-refractivity contribution in [1.82, 2.24) is 4.90 Å². The molecule has 190 valence electrons. The highest BCUT2D eigenvalue weighted by Crippen LogP contribution is 2.61. The standard InChI is InChI=1S/C23H45NO6S2/c1-9-10-16-31(5,6)30-32(7,8)20(4)12-11-14-27-18-21-17-24(23(26)29-21)13-15-28-22(25)19(2)3/h20-21H,2,9-18H2,1,3-8H3. The minimum absolute atomic E-state index is 0.128. The average molecular weight is 496 g/mol. The summed E-state index contributed by atoms with van der Waals surface area (Å²) in [5.74, 6) is 0.719. The van der Waals surface area contributed by atoms with Crippen molar-refractivity contribution in [2.75, 3.05) is 63.7 Å². The fourth-order valence-electron chi connectivity index (χ4n) is 3.25. The predicted molar refractivity (Wildman–Crippen MR) is 137 cm³/mol. The molecule has 2 unspecified atom stereocenters. The third kappa shape index (κ3) is 10.8. The molecule has 9 heteroatoms. The monoisotopic (exact) mass is 495 g/mol. The van der Waals surface area contributed by atoms with Crippen molar-refractivity contribution in [3.8, 4) is 0 Å². The molecule has 0 saturated carbocycles. The molecule has 0 spiro atoms. The second kappa shape index (κ2) is 13.7. The highest BCUT2D eigenvalue weighted by atomic mass is 32.3. The van der Waals surface area contributed by atoms with Gasteiger partial charge in [0.25, 0.3) is 0 Å². The van der Waals surface area contributed by atoms with Gasteiger partial charge in [0.1, 0.15) is 12.7 Å². The number of cyclic esters (lactones) is 1. The Morgan fingerprint density at radius 3 is 2.56 bits per heavy atom. The second-order valence-corrected chi connectivity index (χ2v) is 16.5. The Kier molecular flexibility index (Phi) is 12.5. The van der Waals surface area contributed by atoms with Crippen LogP contribution in [0.5, 0.6) is 0 Å².